The molecule has 0 bridgehead atoms. The molecule has 3 aromatic rings. The summed E-state index contributed by atoms with van der Waals surface area (Å²) in [5.41, 5.74) is 1.22. The van der Waals surface area contributed by atoms with E-state index in [1.54, 1.807) is 49.7 Å². The van der Waals surface area contributed by atoms with Gasteiger partial charge in [0.15, 0.2) is 17.1 Å². The Morgan fingerprint density at radius 3 is 2.90 bits per heavy atom. The van der Waals surface area contributed by atoms with Crippen LogP contribution in [-0.4, -0.2) is 40.3 Å². The van der Waals surface area contributed by atoms with Gasteiger partial charge in [0.25, 0.3) is 0 Å². The van der Waals surface area contributed by atoms with Crippen LogP contribution >= 0.6 is 0 Å². The molecule has 0 fully saturated rings. The predicted molar refractivity (Wildman–Crippen MR) is 115 cm³/mol. The molecule has 8 heteroatoms. The lowest BCUT2D eigenvalue weighted by atomic mass is 10.2. The van der Waals surface area contributed by atoms with Crippen molar-refractivity contribution < 1.29 is 14.3 Å². The number of ether oxygens (including phenoxy) is 2. The van der Waals surface area contributed by atoms with Crippen molar-refractivity contribution in [3.8, 4) is 11.5 Å². The molecule has 0 radical (unpaired) electrons. The van der Waals surface area contributed by atoms with E-state index in [9.17, 15) is 9.59 Å². The Morgan fingerprint density at radius 1 is 1.27 bits per heavy atom. The van der Waals surface area contributed by atoms with Gasteiger partial charge in [0.2, 0.25) is 5.91 Å². The number of carbonyl (C=O) groups is 1. The molecule has 0 aliphatic rings. The molecule has 0 aliphatic carbocycles. The zero-order valence-corrected chi connectivity index (χ0v) is 16.8. The molecule has 3 rings (SSSR count). The van der Waals surface area contributed by atoms with E-state index in [1.807, 2.05) is 12.1 Å². The number of amides is 1. The van der Waals surface area contributed by atoms with Gasteiger partial charge in [-0.25, -0.2) is 9.48 Å². The molecule has 2 heterocycles. The van der Waals surface area contributed by atoms with Crippen molar-refractivity contribution in [2.75, 3.05) is 20.3 Å². The third-order valence-corrected chi connectivity index (χ3v) is 4.31. The van der Waals surface area contributed by atoms with Crippen LogP contribution in [0, 0.1) is 0 Å². The first-order valence-corrected chi connectivity index (χ1v) is 9.54. The van der Waals surface area contributed by atoms with Crippen molar-refractivity contribution in [1.82, 2.24) is 19.5 Å². The second-order valence-corrected chi connectivity index (χ2v) is 6.42. The molecule has 0 saturated carbocycles. The lowest BCUT2D eigenvalue weighted by Crippen LogP contribution is -2.26. The van der Waals surface area contributed by atoms with E-state index >= 15 is 0 Å². The van der Waals surface area contributed by atoms with Gasteiger partial charge in [-0.15, -0.1) is 5.10 Å². The highest BCUT2D eigenvalue weighted by Gasteiger charge is 2.06. The van der Waals surface area contributed by atoms with Crippen LogP contribution in [0.3, 0.4) is 0 Å². The average Bonchev–Trinajstić information content (AvgIpc) is 3.09. The Balaban J connectivity index is 1.49. The van der Waals surface area contributed by atoms with Gasteiger partial charge in [0.1, 0.15) is 6.61 Å². The Labute approximate surface area is 174 Å². The number of carbonyl (C=O) groups excluding carboxylic acids is 1. The third-order valence-electron chi connectivity index (χ3n) is 4.31. The van der Waals surface area contributed by atoms with E-state index in [4.69, 9.17) is 9.47 Å². The zero-order valence-electron chi connectivity index (χ0n) is 16.8. The largest absolute Gasteiger partial charge is 0.493 e. The second kappa shape index (κ2) is 10.1. The van der Waals surface area contributed by atoms with Crippen LogP contribution in [0.25, 0.3) is 11.7 Å². The summed E-state index contributed by atoms with van der Waals surface area (Å²) in [5.74, 6) is 0.974. The van der Waals surface area contributed by atoms with E-state index < -0.39 is 0 Å². The third kappa shape index (κ3) is 5.16. The highest BCUT2D eigenvalue weighted by molar-refractivity contribution is 5.91. The van der Waals surface area contributed by atoms with E-state index in [0.717, 1.165) is 5.56 Å². The molecule has 8 nitrogen and oxygen atoms in total. The SMILES string of the molecule is C=CCOc1ccc(C=CC(=O)NCCCn2nc3ccccn3c2=O)cc1OC. The molecule has 0 saturated heterocycles. The number of fused-ring (bicyclic) bond motifs is 1. The van der Waals surface area contributed by atoms with Crippen LogP contribution in [0.2, 0.25) is 0 Å². The summed E-state index contributed by atoms with van der Waals surface area (Å²) in [7, 11) is 1.56. The number of aromatic nitrogens is 3. The van der Waals surface area contributed by atoms with E-state index in [0.29, 0.717) is 43.3 Å². The Kier molecular flexibility index (Phi) is 7.05. The highest BCUT2D eigenvalue weighted by Crippen LogP contribution is 2.28. The minimum atomic E-state index is -0.219. The number of aryl methyl sites for hydroxylation is 1. The molecule has 0 spiro atoms. The fraction of sp³-hybridized carbons (Fsp3) is 0.227. The number of nitrogens with zero attached hydrogens (tertiary/aromatic N) is 3. The van der Waals surface area contributed by atoms with Gasteiger partial charge in [-0.3, -0.25) is 9.20 Å². The quantitative estimate of drug-likeness (QED) is 0.316. The minimum Gasteiger partial charge on any atom is -0.493 e. The second-order valence-electron chi connectivity index (χ2n) is 6.42. The van der Waals surface area contributed by atoms with E-state index in [1.165, 1.54) is 15.2 Å². The van der Waals surface area contributed by atoms with Crippen LogP contribution in [0.15, 0.2) is 66.1 Å². The Bertz CT molecular complexity index is 1110. The smallest absolute Gasteiger partial charge is 0.350 e. The number of nitrogens with one attached hydrogen (secondary N) is 1. The summed E-state index contributed by atoms with van der Waals surface area (Å²) in [6.07, 6.45) is 7.08. The molecule has 1 amide bonds. The van der Waals surface area contributed by atoms with Crippen molar-refractivity contribution in [3.05, 3.63) is 77.4 Å². The maximum atomic E-state index is 12.2. The Morgan fingerprint density at radius 2 is 2.13 bits per heavy atom. The van der Waals surface area contributed by atoms with Crippen molar-refractivity contribution >= 4 is 17.6 Å². The van der Waals surface area contributed by atoms with Gasteiger partial charge in [0.05, 0.1) is 7.11 Å². The van der Waals surface area contributed by atoms with Crippen molar-refractivity contribution in [1.29, 1.82) is 0 Å². The lowest BCUT2D eigenvalue weighted by Gasteiger charge is -2.09. The summed E-state index contributed by atoms with van der Waals surface area (Å²) in [6.45, 7) is 4.86. The number of pyridine rings is 1. The maximum Gasteiger partial charge on any atom is 0.350 e. The standard InChI is InChI=1S/C22H24N4O4/c1-3-15-30-18-10-8-17(16-19(18)29-2)9-11-21(27)23-12-6-14-26-22(28)25-13-5-4-7-20(25)24-26/h3-5,7-11,13,16H,1,6,12,14-15H2,2H3,(H,23,27). The minimum absolute atomic E-state index is 0.189. The summed E-state index contributed by atoms with van der Waals surface area (Å²) >= 11 is 0. The van der Waals surface area contributed by atoms with Gasteiger partial charge in [-0.2, -0.15) is 0 Å². The topological polar surface area (TPSA) is 86.9 Å². The molecule has 1 N–H and O–H groups in total. The first-order valence-electron chi connectivity index (χ1n) is 9.54. The van der Waals surface area contributed by atoms with Crippen LogP contribution in [-0.2, 0) is 11.3 Å². The maximum absolute atomic E-state index is 12.2. The molecule has 0 unspecified atom stereocenters. The summed E-state index contributed by atoms with van der Waals surface area (Å²) in [5, 5.41) is 7.06. The number of hydrogen-bond acceptors (Lipinski definition) is 5. The van der Waals surface area contributed by atoms with Crippen molar-refractivity contribution in [3.63, 3.8) is 0 Å². The molecule has 156 valence electrons. The van der Waals surface area contributed by atoms with Crippen molar-refractivity contribution in [2.24, 2.45) is 0 Å². The fourth-order valence-corrected chi connectivity index (χ4v) is 2.84. The molecular formula is C22H24N4O4. The van der Waals surface area contributed by atoms with Crippen LogP contribution in [0.5, 0.6) is 11.5 Å². The van der Waals surface area contributed by atoms with Gasteiger partial charge < -0.3 is 14.8 Å². The Hall–Kier alpha value is -3.81. The van der Waals surface area contributed by atoms with Crippen LogP contribution in [0.1, 0.15) is 12.0 Å². The number of benzene rings is 1. The van der Waals surface area contributed by atoms with Gasteiger partial charge in [0, 0.05) is 25.4 Å². The number of rotatable bonds is 10. The zero-order chi connectivity index (χ0) is 21.3. The molecule has 2 aromatic heterocycles. The number of methoxy groups -OCH3 is 1. The summed E-state index contributed by atoms with van der Waals surface area (Å²) in [6, 6.07) is 10.8. The van der Waals surface area contributed by atoms with Gasteiger partial charge >= 0.3 is 5.69 Å². The molecular weight excluding hydrogens is 384 g/mol. The number of hydrogen-bond donors (Lipinski definition) is 1. The fourth-order valence-electron chi connectivity index (χ4n) is 2.84. The lowest BCUT2D eigenvalue weighted by molar-refractivity contribution is -0.116. The van der Waals surface area contributed by atoms with Crippen molar-refractivity contribution in [2.45, 2.75) is 13.0 Å². The average molecular weight is 408 g/mol. The van der Waals surface area contributed by atoms with Gasteiger partial charge in [-0.1, -0.05) is 24.8 Å². The molecule has 30 heavy (non-hydrogen) atoms. The normalized spacial score (nSPS) is 11.0. The monoisotopic (exact) mass is 408 g/mol. The summed E-state index contributed by atoms with van der Waals surface area (Å²) < 4.78 is 13.7. The molecule has 1 aromatic carbocycles. The van der Waals surface area contributed by atoms with Gasteiger partial charge in [-0.05, 0) is 42.3 Å². The van der Waals surface area contributed by atoms with E-state index in [2.05, 4.69) is 17.0 Å². The summed E-state index contributed by atoms with van der Waals surface area (Å²) in [4.78, 5) is 24.2. The van der Waals surface area contributed by atoms with E-state index in [-0.39, 0.29) is 11.6 Å². The first-order chi connectivity index (χ1) is 14.6. The molecule has 0 aliphatic heterocycles. The molecule has 0 atom stereocenters. The van der Waals surface area contributed by atoms with Crippen LogP contribution in [0.4, 0.5) is 0 Å². The predicted octanol–water partition coefficient (Wildman–Crippen LogP) is 2.29. The highest BCUT2D eigenvalue weighted by atomic mass is 16.5. The first kappa shape index (κ1) is 20.9. The van der Waals surface area contributed by atoms with Crippen LogP contribution < -0.4 is 20.5 Å².